The van der Waals surface area contributed by atoms with Gasteiger partial charge in [-0.05, 0) is 42.3 Å². The van der Waals surface area contributed by atoms with Crippen LogP contribution in [0.2, 0.25) is 0 Å². The van der Waals surface area contributed by atoms with E-state index in [-0.39, 0.29) is 5.91 Å². The summed E-state index contributed by atoms with van der Waals surface area (Å²) in [5.74, 6) is -0.0436. The Bertz CT molecular complexity index is 928. The van der Waals surface area contributed by atoms with E-state index in [0.717, 1.165) is 21.5 Å². The lowest BCUT2D eigenvalue weighted by Gasteiger charge is -2.08. The van der Waals surface area contributed by atoms with Gasteiger partial charge >= 0.3 is 0 Å². The fraction of sp³-hybridized carbons (Fsp3) is 0.316. The minimum atomic E-state index is -0.0436. The number of hydrogen-bond donors (Lipinski definition) is 1. The van der Waals surface area contributed by atoms with E-state index < -0.39 is 0 Å². The molecule has 2 heterocycles. The summed E-state index contributed by atoms with van der Waals surface area (Å²) in [6, 6.07) is 8.36. The van der Waals surface area contributed by atoms with Crippen molar-refractivity contribution >= 4 is 27.5 Å². The van der Waals surface area contributed by atoms with Crippen LogP contribution in [-0.2, 0) is 17.9 Å². The molecule has 136 valence electrons. The van der Waals surface area contributed by atoms with E-state index in [1.165, 1.54) is 11.1 Å². The van der Waals surface area contributed by atoms with Crippen LogP contribution >= 0.6 is 15.9 Å². The van der Waals surface area contributed by atoms with Crippen molar-refractivity contribution in [1.29, 1.82) is 0 Å². The molecule has 0 atom stereocenters. The second-order valence-electron chi connectivity index (χ2n) is 6.41. The molecule has 0 saturated heterocycles. The zero-order valence-corrected chi connectivity index (χ0v) is 16.7. The zero-order valence-electron chi connectivity index (χ0n) is 15.2. The molecule has 0 unspecified atom stereocenters. The highest BCUT2D eigenvalue weighted by molar-refractivity contribution is 9.10. The van der Waals surface area contributed by atoms with E-state index in [4.69, 9.17) is 0 Å². The second kappa shape index (κ2) is 7.86. The van der Waals surface area contributed by atoms with Crippen molar-refractivity contribution in [2.45, 2.75) is 40.3 Å². The number of aromatic nitrogens is 4. The van der Waals surface area contributed by atoms with Crippen molar-refractivity contribution in [3.05, 3.63) is 63.6 Å². The van der Waals surface area contributed by atoms with E-state index in [0.29, 0.717) is 19.5 Å². The number of nitrogens with one attached hydrogen (secondary N) is 1. The van der Waals surface area contributed by atoms with Crippen LogP contribution in [0.4, 0.5) is 5.69 Å². The number of anilines is 1. The van der Waals surface area contributed by atoms with Gasteiger partial charge in [-0.15, -0.1) is 0 Å². The Morgan fingerprint density at radius 1 is 1.27 bits per heavy atom. The van der Waals surface area contributed by atoms with Crippen LogP contribution < -0.4 is 5.32 Å². The SMILES string of the molecule is Cc1cccc(Cn2nc(C)c(NC(=O)CCn3cc(Br)cn3)c2C)c1. The molecule has 0 aliphatic heterocycles. The third kappa shape index (κ3) is 4.40. The number of hydrogen-bond acceptors (Lipinski definition) is 3. The predicted molar refractivity (Wildman–Crippen MR) is 105 cm³/mol. The Kier molecular flexibility index (Phi) is 5.56. The molecule has 0 aliphatic rings. The molecule has 2 aromatic heterocycles. The van der Waals surface area contributed by atoms with Gasteiger partial charge in [0.05, 0.1) is 34.3 Å². The molecule has 1 N–H and O–H groups in total. The van der Waals surface area contributed by atoms with Gasteiger partial charge in [-0.2, -0.15) is 10.2 Å². The first-order valence-corrected chi connectivity index (χ1v) is 9.29. The molecule has 0 bridgehead atoms. The summed E-state index contributed by atoms with van der Waals surface area (Å²) in [6.07, 6.45) is 3.92. The highest BCUT2D eigenvalue weighted by atomic mass is 79.9. The Balaban J connectivity index is 1.66. The van der Waals surface area contributed by atoms with E-state index in [9.17, 15) is 4.79 Å². The van der Waals surface area contributed by atoms with Gasteiger partial charge in [0.1, 0.15) is 0 Å². The van der Waals surface area contributed by atoms with Crippen LogP contribution in [0.25, 0.3) is 0 Å². The average Bonchev–Trinajstić information content (AvgIpc) is 3.12. The van der Waals surface area contributed by atoms with Crippen molar-refractivity contribution in [3.63, 3.8) is 0 Å². The van der Waals surface area contributed by atoms with Crippen LogP contribution in [0.3, 0.4) is 0 Å². The second-order valence-corrected chi connectivity index (χ2v) is 7.33. The number of halogens is 1. The molecule has 1 aromatic carbocycles. The van der Waals surface area contributed by atoms with Crippen molar-refractivity contribution in [3.8, 4) is 0 Å². The summed E-state index contributed by atoms with van der Waals surface area (Å²) in [6.45, 7) is 7.20. The first kappa shape index (κ1) is 18.4. The van der Waals surface area contributed by atoms with E-state index >= 15 is 0 Å². The molecule has 3 aromatic rings. The van der Waals surface area contributed by atoms with Gasteiger partial charge in [-0.3, -0.25) is 14.2 Å². The minimum Gasteiger partial charge on any atom is -0.323 e. The first-order chi connectivity index (χ1) is 12.4. The fourth-order valence-electron chi connectivity index (χ4n) is 2.89. The summed E-state index contributed by atoms with van der Waals surface area (Å²) in [5, 5.41) is 11.7. The summed E-state index contributed by atoms with van der Waals surface area (Å²) in [4.78, 5) is 12.3. The van der Waals surface area contributed by atoms with Gasteiger partial charge < -0.3 is 5.32 Å². The van der Waals surface area contributed by atoms with E-state index in [1.54, 1.807) is 10.9 Å². The molecule has 0 spiro atoms. The van der Waals surface area contributed by atoms with Crippen molar-refractivity contribution in [2.75, 3.05) is 5.32 Å². The maximum atomic E-state index is 12.3. The summed E-state index contributed by atoms with van der Waals surface area (Å²) in [5.41, 5.74) is 4.99. The lowest BCUT2D eigenvalue weighted by Crippen LogP contribution is -2.15. The largest absolute Gasteiger partial charge is 0.323 e. The lowest BCUT2D eigenvalue weighted by molar-refractivity contribution is -0.116. The number of carbonyl (C=O) groups excluding carboxylic acids is 1. The number of carbonyl (C=O) groups is 1. The first-order valence-electron chi connectivity index (χ1n) is 8.49. The molecular weight excluding hydrogens is 394 g/mol. The number of nitrogens with zero attached hydrogens (tertiary/aromatic N) is 4. The zero-order chi connectivity index (χ0) is 18.7. The molecule has 0 radical (unpaired) electrons. The highest BCUT2D eigenvalue weighted by Crippen LogP contribution is 2.21. The average molecular weight is 416 g/mol. The number of benzene rings is 1. The quantitative estimate of drug-likeness (QED) is 0.664. The van der Waals surface area contributed by atoms with Gasteiger partial charge in [0.15, 0.2) is 0 Å². The predicted octanol–water partition coefficient (Wildman–Crippen LogP) is 3.84. The van der Waals surface area contributed by atoms with Crippen LogP contribution in [0.5, 0.6) is 0 Å². The van der Waals surface area contributed by atoms with Gasteiger partial charge in [0.25, 0.3) is 0 Å². The Morgan fingerprint density at radius 2 is 2.08 bits per heavy atom. The van der Waals surface area contributed by atoms with Gasteiger partial charge in [0, 0.05) is 19.2 Å². The molecular formula is C19H22BrN5O. The monoisotopic (exact) mass is 415 g/mol. The maximum Gasteiger partial charge on any atom is 0.226 e. The maximum absolute atomic E-state index is 12.3. The molecule has 1 amide bonds. The van der Waals surface area contributed by atoms with Crippen molar-refractivity contribution < 1.29 is 4.79 Å². The smallest absolute Gasteiger partial charge is 0.226 e. The van der Waals surface area contributed by atoms with Gasteiger partial charge in [-0.1, -0.05) is 29.8 Å². The summed E-state index contributed by atoms with van der Waals surface area (Å²) < 4.78 is 4.58. The topological polar surface area (TPSA) is 64.7 Å². The van der Waals surface area contributed by atoms with Crippen molar-refractivity contribution in [1.82, 2.24) is 19.6 Å². The Morgan fingerprint density at radius 3 is 2.77 bits per heavy atom. The lowest BCUT2D eigenvalue weighted by atomic mass is 10.1. The standard InChI is InChI=1S/C19H22BrN5O/c1-13-5-4-6-16(9-13)11-25-15(3)19(14(2)23-25)22-18(26)7-8-24-12-17(20)10-21-24/h4-6,9-10,12H,7-8,11H2,1-3H3,(H,22,26). The van der Waals surface area contributed by atoms with Gasteiger partial charge in [-0.25, -0.2) is 0 Å². The third-order valence-electron chi connectivity index (χ3n) is 4.23. The summed E-state index contributed by atoms with van der Waals surface area (Å²) >= 11 is 3.35. The number of amides is 1. The molecule has 0 fully saturated rings. The Hall–Kier alpha value is -2.41. The third-order valence-corrected chi connectivity index (χ3v) is 4.64. The number of rotatable bonds is 6. The molecule has 3 rings (SSSR count). The molecule has 6 nitrogen and oxygen atoms in total. The minimum absolute atomic E-state index is 0.0436. The van der Waals surface area contributed by atoms with Crippen molar-refractivity contribution in [2.24, 2.45) is 0 Å². The molecule has 0 aliphatic carbocycles. The molecule has 26 heavy (non-hydrogen) atoms. The number of aryl methyl sites for hydroxylation is 3. The van der Waals surface area contributed by atoms with Crippen LogP contribution in [0, 0.1) is 20.8 Å². The Labute approximate surface area is 161 Å². The van der Waals surface area contributed by atoms with E-state index in [1.807, 2.05) is 30.8 Å². The van der Waals surface area contributed by atoms with Crippen LogP contribution in [0.1, 0.15) is 28.9 Å². The molecule has 0 saturated carbocycles. The van der Waals surface area contributed by atoms with Gasteiger partial charge in [0.2, 0.25) is 5.91 Å². The van der Waals surface area contributed by atoms with E-state index in [2.05, 4.69) is 56.6 Å². The normalized spacial score (nSPS) is 10.9. The van der Waals surface area contributed by atoms with Crippen LogP contribution in [-0.4, -0.2) is 25.5 Å². The van der Waals surface area contributed by atoms with Crippen LogP contribution in [0.15, 0.2) is 41.1 Å². The molecule has 7 heteroatoms. The highest BCUT2D eigenvalue weighted by Gasteiger charge is 2.14. The summed E-state index contributed by atoms with van der Waals surface area (Å²) in [7, 11) is 0. The fourth-order valence-corrected chi connectivity index (χ4v) is 3.22.